The van der Waals surface area contributed by atoms with Gasteiger partial charge in [-0.15, -0.1) is 0 Å². The minimum atomic E-state index is 0.0582. The Kier molecular flexibility index (Phi) is 3.56. The normalized spacial score (nSPS) is 13.2. The van der Waals surface area contributed by atoms with Crippen molar-refractivity contribution in [2.45, 2.75) is 6.42 Å². The number of nitrogens with zero attached hydrogens (tertiary/aromatic N) is 2. The second-order valence-corrected chi connectivity index (χ2v) is 5.03. The third-order valence-electron chi connectivity index (χ3n) is 3.36. The van der Waals surface area contributed by atoms with Crippen molar-refractivity contribution in [1.29, 1.82) is 0 Å². The van der Waals surface area contributed by atoms with Crippen LogP contribution in [0.5, 0.6) is 0 Å². The van der Waals surface area contributed by atoms with E-state index in [4.69, 9.17) is 11.6 Å². The fourth-order valence-electron chi connectivity index (χ4n) is 2.38. The number of rotatable bonds is 3. The van der Waals surface area contributed by atoms with Gasteiger partial charge in [-0.2, -0.15) is 0 Å². The van der Waals surface area contributed by atoms with Crippen LogP contribution in [-0.4, -0.2) is 24.0 Å². The summed E-state index contributed by atoms with van der Waals surface area (Å²) in [5.74, 6) is 0.0582. The van der Waals surface area contributed by atoms with Crippen molar-refractivity contribution in [2.24, 2.45) is 0 Å². The van der Waals surface area contributed by atoms with E-state index in [-0.39, 0.29) is 12.5 Å². The molecule has 5 heteroatoms. The van der Waals surface area contributed by atoms with Crippen molar-refractivity contribution >= 4 is 28.9 Å². The summed E-state index contributed by atoms with van der Waals surface area (Å²) in [7, 11) is 0. The molecule has 2 aromatic rings. The smallest absolute Gasteiger partial charge is 0.246 e. The molecular weight excluding hydrogens is 274 g/mol. The summed E-state index contributed by atoms with van der Waals surface area (Å²) in [5, 5.41) is 3.49. The number of fused-ring (bicyclic) bond motifs is 1. The van der Waals surface area contributed by atoms with Crippen LogP contribution >= 0.6 is 11.6 Å². The molecule has 1 aliphatic rings. The van der Waals surface area contributed by atoms with Crippen LogP contribution in [0.2, 0.25) is 5.15 Å². The highest BCUT2D eigenvalue weighted by molar-refractivity contribution is 6.29. The Bertz CT molecular complexity index is 645. The van der Waals surface area contributed by atoms with Crippen LogP contribution in [0.15, 0.2) is 42.6 Å². The van der Waals surface area contributed by atoms with E-state index in [9.17, 15) is 4.79 Å². The number of carbonyl (C=O) groups excluding carboxylic acids is 1. The lowest BCUT2D eigenvalue weighted by atomic mass is 10.2. The molecular formula is C15H14ClN3O. The summed E-state index contributed by atoms with van der Waals surface area (Å²) in [4.78, 5) is 18.0. The highest BCUT2D eigenvalue weighted by Crippen LogP contribution is 2.27. The van der Waals surface area contributed by atoms with Gasteiger partial charge in [0.25, 0.3) is 0 Å². The van der Waals surface area contributed by atoms with Crippen LogP contribution < -0.4 is 10.2 Å². The number of halogens is 1. The quantitative estimate of drug-likeness (QED) is 0.883. The zero-order valence-electron chi connectivity index (χ0n) is 10.8. The maximum Gasteiger partial charge on any atom is 0.246 e. The van der Waals surface area contributed by atoms with Gasteiger partial charge in [0, 0.05) is 24.1 Å². The van der Waals surface area contributed by atoms with Gasteiger partial charge in [-0.3, -0.25) is 4.79 Å². The standard InChI is InChI=1S/C15H14ClN3O/c16-14-9-12(5-7-17-14)18-10-15(20)19-8-6-11-3-1-2-4-13(11)19/h1-5,7,9H,6,8,10H2,(H,17,18). The number of pyridine rings is 1. The number of nitrogens with one attached hydrogen (secondary N) is 1. The van der Waals surface area contributed by atoms with E-state index < -0.39 is 0 Å². The molecule has 3 rings (SSSR count). The number of hydrogen-bond acceptors (Lipinski definition) is 3. The minimum Gasteiger partial charge on any atom is -0.376 e. The zero-order valence-corrected chi connectivity index (χ0v) is 11.6. The van der Waals surface area contributed by atoms with Crippen molar-refractivity contribution in [1.82, 2.24) is 4.98 Å². The Hall–Kier alpha value is -2.07. The third-order valence-corrected chi connectivity index (χ3v) is 3.57. The Morgan fingerprint density at radius 2 is 2.20 bits per heavy atom. The van der Waals surface area contributed by atoms with E-state index >= 15 is 0 Å². The highest BCUT2D eigenvalue weighted by Gasteiger charge is 2.23. The molecule has 0 unspecified atom stereocenters. The topological polar surface area (TPSA) is 45.2 Å². The average molecular weight is 288 g/mol. The maximum absolute atomic E-state index is 12.3. The van der Waals surface area contributed by atoms with Crippen molar-refractivity contribution in [2.75, 3.05) is 23.3 Å². The van der Waals surface area contributed by atoms with Crippen LogP contribution in [0.25, 0.3) is 0 Å². The number of para-hydroxylation sites is 1. The van der Waals surface area contributed by atoms with Gasteiger partial charge in [-0.1, -0.05) is 29.8 Å². The van der Waals surface area contributed by atoms with E-state index in [1.807, 2.05) is 23.1 Å². The van der Waals surface area contributed by atoms with E-state index in [1.54, 1.807) is 18.3 Å². The summed E-state index contributed by atoms with van der Waals surface area (Å²) < 4.78 is 0. The second-order valence-electron chi connectivity index (χ2n) is 4.64. The number of amides is 1. The third kappa shape index (κ3) is 2.60. The lowest BCUT2D eigenvalue weighted by Crippen LogP contribution is -2.34. The summed E-state index contributed by atoms with van der Waals surface area (Å²) in [6.07, 6.45) is 2.53. The first kappa shape index (κ1) is 12.9. The van der Waals surface area contributed by atoms with Crippen LogP contribution in [0.1, 0.15) is 5.56 Å². The van der Waals surface area contributed by atoms with Gasteiger partial charge < -0.3 is 10.2 Å². The molecule has 0 spiro atoms. The highest BCUT2D eigenvalue weighted by atomic mass is 35.5. The molecule has 0 fully saturated rings. The van der Waals surface area contributed by atoms with Gasteiger partial charge in [0.2, 0.25) is 5.91 Å². The Morgan fingerprint density at radius 1 is 1.35 bits per heavy atom. The Morgan fingerprint density at radius 3 is 3.05 bits per heavy atom. The summed E-state index contributed by atoms with van der Waals surface area (Å²) in [6, 6.07) is 11.5. The van der Waals surface area contributed by atoms with Crippen molar-refractivity contribution in [3.05, 3.63) is 53.3 Å². The molecule has 0 bridgehead atoms. The first-order valence-corrected chi connectivity index (χ1v) is 6.85. The fraction of sp³-hybridized carbons (Fsp3) is 0.200. The molecule has 0 atom stereocenters. The Balaban J connectivity index is 1.66. The van der Waals surface area contributed by atoms with E-state index in [0.717, 1.165) is 24.3 Å². The monoisotopic (exact) mass is 287 g/mol. The first-order valence-electron chi connectivity index (χ1n) is 6.48. The SMILES string of the molecule is O=C(CNc1ccnc(Cl)c1)N1CCc2ccccc21. The van der Waals surface area contributed by atoms with Crippen molar-refractivity contribution < 1.29 is 4.79 Å². The summed E-state index contributed by atoms with van der Waals surface area (Å²) >= 11 is 5.81. The summed E-state index contributed by atoms with van der Waals surface area (Å²) in [6.45, 7) is 0.992. The molecule has 2 heterocycles. The molecule has 0 saturated carbocycles. The van der Waals surface area contributed by atoms with E-state index in [1.165, 1.54) is 5.56 Å². The number of anilines is 2. The molecule has 1 amide bonds. The molecule has 4 nitrogen and oxygen atoms in total. The maximum atomic E-state index is 12.3. The predicted octanol–water partition coefficient (Wildman–Crippen LogP) is 2.74. The average Bonchev–Trinajstić information content (AvgIpc) is 2.89. The molecule has 0 radical (unpaired) electrons. The van der Waals surface area contributed by atoms with Crippen molar-refractivity contribution in [3.8, 4) is 0 Å². The number of carbonyl (C=O) groups is 1. The minimum absolute atomic E-state index is 0.0582. The van der Waals surface area contributed by atoms with Crippen LogP contribution in [0.3, 0.4) is 0 Å². The molecule has 0 aliphatic carbocycles. The molecule has 1 aromatic heterocycles. The molecule has 1 N–H and O–H groups in total. The van der Waals surface area contributed by atoms with E-state index in [2.05, 4.69) is 16.4 Å². The van der Waals surface area contributed by atoms with Crippen molar-refractivity contribution in [3.63, 3.8) is 0 Å². The number of hydrogen-bond donors (Lipinski definition) is 1. The lowest BCUT2D eigenvalue weighted by Gasteiger charge is -2.18. The molecule has 1 aliphatic heterocycles. The van der Waals surface area contributed by atoms with E-state index in [0.29, 0.717) is 5.15 Å². The summed E-state index contributed by atoms with van der Waals surface area (Å²) in [5.41, 5.74) is 3.05. The fourth-order valence-corrected chi connectivity index (χ4v) is 2.56. The first-order chi connectivity index (χ1) is 9.74. The van der Waals surface area contributed by atoms with Gasteiger partial charge in [0.1, 0.15) is 5.15 Å². The van der Waals surface area contributed by atoms with Gasteiger partial charge in [0.15, 0.2) is 0 Å². The van der Waals surface area contributed by atoms with Gasteiger partial charge in [0.05, 0.1) is 6.54 Å². The van der Waals surface area contributed by atoms with Gasteiger partial charge >= 0.3 is 0 Å². The van der Waals surface area contributed by atoms with Gasteiger partial charge in [-0.05, 0) is 30.2 Å². The molecule has 102 valence electrons. The van der Waals surface area contributed by atoms with Crippen LogP contribution in [-0.2, 0) is 11.2 Å². The van der Waals surface area contributed by atoms with Crippen LogP contribution in [0.4, 0.5) is 11.4 Å². The number of benzene rings is 1. The second kappa shape index (κ2) is 5.51. The largest absolute Gasteiger partial charge is 0.376 e. The molecule has 1 aromatic carbocycles. The predicted molar refractivity (Wildman–Crippen MR) is 80.2 cm³/mol. The lowest BCUT2D eigenvalue weighted by molar-refractivity contribution is -0.116. The molecule has 0 saturated heterocycles. The number of aromatic nitrogens is 1. The Labute approximate surface area is 122 Å². The molecule has 20 heavy (non-hydrogen) atoms. The van der Waals surface area contributed by atoms with Gasteiger partial charge in [-0.25, -0.2) is 4.98 Å². The van der Waals surface area contributed by atoms with Crippen LogP contribution in [0, 0.1) is 0 Å². The zero-order chi connectivity index (χ0) is 13.9.